The summed E-state index contributed by atoms with van der Waals surface area (Å²) in [5.41, 5.74) is 2.31. The summed E-state index contributed by atoms with van der Waals surface area (Å²) in [5.74, 6) is 0. The molecule has 0 aliphatic heterocycles. The Hall–Kier alpha value is -0.726. The maximum atomic E-state index is 6.86. The van der Waals surface area contributed by atoms with E-state index in [2.05, 4.69) is 98.6 Å². The topological polar surface area (TPSA) is 27.7 Å². The van der Waals surface area contributed by atoms with Crippen LogP contribution in [0, 0.1) is 0 Å². The fourth-order valence-corrected chi connectivity index (χ4v) is 5.95. The number of benzene rings is 1. The minimum absolute atomic E-state index is 0.00909. The molecule has 0 amide bonds. The molecule has 0 heterocycles. The Labute approximate surface area is 193 Å². The highest BCUT2D eigenvalue weighted by atomic mass is 28.4. The predicted molar refractivity (Wildman–Crippen MR) is 138 cm³/mol. The molecule has 0 aromatic heterocycles. The van der Waals surface area contributed by atoms with Crippen molar-refractivity contribution in [2.45, 2.75) is 116 Å². The molecule has 1 aromatic carbocycles. The fraction of sp³-hybridized carbons (Fsp3) is 0.692. The largest absolute Gasteiger partial charge is 0.410 e. The Kier molecular flexibility index (Phi) is 8.25. The van der Waals surface area contributed by atoms with Crippen LogP contribution in [0.25, 0.3) is 0 Å². The van der Waals surface area contributed by atoms with Gasteiger partial charge in [0, 0.05) is 12.8 Å². The molecule has 0 saturated heterocycles. The third-order valence-corrected chi connectivity index (χ3v) is 16.6. The van der Waals surface area contributed by atoms with Crippen LogP contribution >= 0.6 is 0 Å². The predicted octanol–water partition coefficient (Wildman–Crippen LogP) is 7.70. The van der Waals surface area contributed by atoms with Crippen molar-refractivity contribution in [2.24, 2.45) is 0 Å². The van der Waals surface area contributed by atoms with Gasteiger partial charge >= 0.3 is 0 Å². The number of hydrogen-bond acceptors (Lipinski definition) is 3. The zero-order chi connectivity index (χ0) is 23.7. The Morgan fingerprint density at radius 3 is 1.61 bits per heavy atom. The maximum Gasteiger partial charge on any atom is 0.192 e. The molecule has 1 aromatic rings. The van der Waals surface area contributed by atoms with Crippen LogP contribution in [0.1, 0.15) is 59.9 Å². The lowest BCUT2D eigenvalue weighted by molar-refractivity contribution is -0.0321. The molecule has 1 fully saturated rings. The molecule has 0 radical (unpaired) electrons. The van der Waals surface area contributed by atoms with E-state index in [9.17, 15) is 0 Å². The van der Waals surface area contributed by atoms with Gasteiger partial charge in [-0.25, -0.2) is 0 Å². The quantitative estimate of drug-likeness (QED) is 0.307. The minimum Gasteiger partial charge on any atom is -0.410 e. The molecule has 176 valence electrons. The molecule has 5 heteroatoms. The van der Waals surface area contributed by atoms with Gasteiger partial charge in [-0.05, 0) is 47.4 Å². The van der Waals surface area contributed by atoms with E-state index in [0.717, 1.165) is 18.4 Å². The van der Waals surface area contributed by atoms with E-state index < -0.39 is 16.6 Å². The second kappa shape index (κ2) is 9.64. The Morgan fingerprint density at radius 2 is 1.23 bits per heavy atom. The number of hydrogen-bond donors (Lipinski definition) is 0. The summed E-state index contributed by atoms with van der Waals surface area (Å²) in [6, 6.07) is 10.4. The monoisotopic (exact) mass is 462 g/mol. The fourth-order valence-electron chi connectivity index (χ4n) is 3.32. The molecule has 1 unspecified atom stereocenters. The molecule has 0 N–H and O–H groups in total. The van der Waals surface area contributed by atoms with Crippen LogP contribution in [0.4, 0.5) is 0 Å². The Balaban J connectivity index is 2.22. The molecule has 3 atom stereocenters. The van der Waals surface area contributed by atoms with Gasteiger partial charge in [0.05, 0.1) is 24.9 Å². The van der Waals surface area contributed by atoms with Crippen LogP contribution in [0.5, 0.6) is 0 Å². The molecule has 1 aliphatic carbocycles. The highest BCUT2D eigenvalue weighted by Gasteiger charge is 2.46. The van der Waals surface area contributed by atoms with Crippen LogP contribution in [-0.4, -0.2) is 34.9 Å². The first-order valence-corrected chi connectivity index (χ1v) is 17.5. The zero-order valence-corrected chi connectivity index (χ0v) is 23.7. The van der Waals surface area contributed by atoms with Crippen molar-refractivity contribution in [2.75, 3.05) is 0 Å². The Morgan fingerprint density at radius 1 is 0.806 bits per heavy atom. The average molecular weight is 463 g/mol. The molecule has 3 nitrogen and oxygen atoms in total. The van der Waals surface area contributed by atoms with Gasteiger partial charge in [0.1, 0.15) is 0 Å². The first-order valence-electron chi connectivity index (χ1n) is 11.7. The van der Waals surface area contributed by atoms with Crippen molar-refractivity contribution in [3.63, 3.8) is 0 Å². The van der Waals surface area contributed by atoms with Crippen LogP contribution in [0.3, 0.4) is 0 Å². The molecule has 1 aliphatic rings. The van der Waals surface area contributed by atoms with E-state index in [0.29, 0.717) is 6.61 Å². The van der Waals surface area contributed by atoms with Crippen molar-refractivity contribution in [1.29, 1.82) is 0 Å². The highest BCUT2D eigenvalue weighted by Crippen LogP contribution is 2.43. The van der Waals surface area contributed by atoms with Crippen LogP contribution in [0.2, 0.25) is 36.3 Å². The summed E-state index contributed by atoms with van der Waals surface area (Å²) >= 11 is 0. The lowest BCUT2D eigenvalue weighted by Crippen LogP contribution is -2.51. The van der Waals surface area contributed by atoms with Gasteiger partial charge in [-0.15, -0.1) is 0 Å². The van der Waals surface area contributed by atoms with Gasteiger partial charge in [-0.1, -0.05) is 78.5 Å². The van der Waals surface area contributed by atoms with Crippen molar-refractivity contribution in [1.82, 2.24) is 0 Å². The van der Waals surface area contributed by atoms with Crippen molar-refractivity contribution in [3.05, 3.63) is 48.0 Å². The summed E-state index contributed by atoms with van der Waals surface area (Å²) in [6.45, 7) is 28.1. The lowest BCUT2D eigenvalue weighted by Gasteiger charge is -2.47. The Bertz CT molecular complexity index is 689. The highest BCUT2D eigenvalue weighted by molar-refractivity contribution is 6.74. The first-order chi connectivity index (χ1) is 14.0. The molecule has 1 saturated carbocycles. The second-order valence-electron chi connectivity index (χ2n) is 12.2. The van der Waals surface area contributed by atoms with Gasteiger partial charge in [-0.2, -0.15) is 0 Å². The molecule has 31 heavy (non-hydrogen) atoms. The van der Waals surface area contributed by atoms with Crippen molar-refractivity contribution in [3.8, 4) is 0 Å². The summed E-state index contributed by atoms with van der Waals surface area (Å²) in [6.07, 6.45) is 1.80. The van der Waals surface area contributed by atoms with Gasteiger partial charge < -0.3 is 13.6 Å². The third-order valence-electron chi connectivity index (χ3n) is 7.60. The molecule has 0 bridgehead atoms. The average Bonchev–Trinajstić information content (AvgIpc) is 2.62. The van der Waals surface area contributed by atoms with Crippen LogP contribution in [0.15, 0.2) is 42.5 Å². The number of rotatable bonds is 7. The van der Waals surface area contributed by atoms with E-state index in [1.165, 1.54) is 5.56 Å². The third kappa shape index (κ3) is 6.88. The van der Waals surface area contributed by atoms with Crippen molar-refractivity contribution >= 4 is 16.6 Å². The van der Waals surface area contributed by atoms with E-state index >= 15 is 0 Å². The minimum atomic E-state index is -1.94. The zero-order valence-electron chi connectivity index (χ0n) is 21.7. The van der Waals surface area contributed by atoms with E-state index in [1.54, 1.807) is 0 Å². The lowest BCUT2D eigenvalue weighted by atomic mass is 9.88. The van der Waals surface area contributed by atoms with Gasteiger partial charge in [-0.3, -0.25) is 0 Å². The van der Waals surface area contributed by atoms with Gasteiger partial charge in [0.15, 0.2) is 16.6 Å². The van der Waals surface area contributed by atoms with E-state index in [-0.39, 0.29) is 28.4 Å². The molecular weight excluding hydrogens is 416 g/mol. The molecule has 0 spiro atoms. The van der Waals surface area contributed by atoms with Gasteiger partial charge in [0.25, 0.3) is 0 Å². The summed E-state index contributed by atoms with van der Waals surface area (Å²) < 4.78 is 20.1. The smallest absolute Gasteiger partial charge is 0.192 e. The molecule has 2 rings (SSSR count). The summed E-state index contributed by atoms with van der Waals surface area (Å²) in [7, 11) is -3.87. The standard InChI is InChI=1S/C26H46O3Si2/c1-20-23(28-30(8,9)25(2,3)4)17-22(27-19-21-15-13-12-14-16-21)18-24(20)29-31(10,11)26(5,6)7/h12-16,22-24H,1,17-19H2,2-11H3/t22?,23-,24+. The van der Waals surface area contributed by atoms with Gasteiger partial charge in [0.2, 0.25) is 0 Å². The van der Waals surface area contributed by atoms with E-state index in [4.69, 9.17) is 13.6 Å². The summed E-state index contributed by atoms with van der Waals surface area (Å²) in [5, 5.41) is 0.307. The SMILES string of the molecule is C=C1[C@@H](O[Si](C)(C)C(C)(C)C)CC(OCc2ccccc2)C[C@H]1O[Si](C)(C)C(C)(C)C. The second-order valence-corrected chi connectivity index (χ2v) is 21.7. The molecular formula is C26H46O3Si2. The maximum absolute atomic E-state index is 6.86. The van der Waals surface area contributed by atoms with Crippen LogP contribution in [-0.2, 0) is 20.2 Å². The van der Waals surface area contributed by atoms with E-state index in [1.807, 2.05) is 6.07 Å². The summed E-state index contributed by atoms with van der Waals surface area (Å²) in [4.78, 5) is 0. The number of ether oxygens (including phenoxy) is 1. The normalized spacial score (nSPS) is 23.8. The first kappa shape index (κ1) is 26.5. The van der Waals surface area contributed by atoms with Crippen LogP contribution < -0.4 is 0 Å². The van der Waals surface area contributed by atoms with Crippen molar-refractivity contribution < 1.29 is 13.6 Å².